The largest absolute Gasteiger partial charge is 0.457 e. The van der Waals surface area contributed by atoms with Gasteiger partial charge in [0.1, 0.15) is 35.3 Å². The van der Waals surface area contributed by atoms with Crippen LogP contribution in [0.4, 0.5) is 21.7 Å². The van der Waals surface area contributed by atoms with Crippen LogP contribution in [0.15, 0.2) is 55.5 Å². The number of nitrogens with one attached hydrogen (secondary N) is 2. The van der Waals surface area contributed by atoms with E-state index in [2.05, 4.69) is 43.1 Å². The first-order chi connectivity index (χ1) is 20.0. The van der Waals surface area contributed by atoms with E-state index in [1.165, 1.54) is 18.5 Å². The Labute approximate surface area is 235 Å². The summed E-state index contributed by atoms with van der Waals surface area (Å²) in [5.74, 6) is 1.55. The zero-order chi connectivity index (χ0) is 28.3. The van der Waals surface area contributed by atoms with Gasteiger partial charge in [0.15, 0.2) is 5.65 Å². The third-order valence-corrected chi connectivity index (χ3v) is 7.61. The van der Waals surface area contributed by atoms with Crippen molar-refractivity contribution < 1.29 is 13.9 Å². The lowest BCUT2D eigenvalue weighted by atomic mass is 9.92. The summed E-state index contributed by atoms with van der Waals surface area (Å²) in [5, 5.41) is 20.4. The molecule has 3 aromatic heterocycles. The van der Waals surface area contributed by atoms with Crippen molar-refractivity contribution in [2.24, 2.45) is 5.92 Å². The van der Waals surface area contributed by atoms with E-state index in [9.17, 15) is 10.1 Å². The van der Waals surface area contributed by atoms with Gasteiger partial charge >= 0.3 is 0 Å². The first kappa shape index (κ1) is 26.2. The van der Waals surface area contributed by atoms with Crippen LogP contribution in [0, 0.1) is 23.1 Å². The number of hydrogen-bond donors (Lipinski definition) is 2. The van der Waals surface area contributed by atoms with Crippen molar-refractivity contribution in [3.05, 3.63) is 67.0 Å². The van der Waals surface area contributed by atoms with Gasteiger partial charge in [-0.25, -0.2) is 19.3 Å². The molecular formula is C29H28FN9O2. The number of nitriles is 1. The minimum absolute atomic E-state index is 0.00852. The zero-order valence-corrected chi connectivity index (χ0v) is 22.3. The number of piperidine rings is 1. The number of carbonyl (C=O) groups excluding carboxylic acids is 1. The fourth-order valence-corrected chi connectivity index (χ4v) is 5.42. The maximum absolute atomic E-state index is 15.3. The molecule has 0 bridgehead atoms. The highest BCUT2D eigenvalue weighted by Gasteiger charge is 2.27. The van der Waals surface area contributed by atoms with Gasteiger partial charge in [-0.05, 0) is 43.5 Å². The van der Waals surface area contributed by atoms with Gasteiger partial charge in [-0.2, -0.15) is 10.4 Å². The first-order valence-electron chi connectivity index (χ1n) is 13.5. The smallest absolute Gasteiger partial charge is 0.245 e. The second-order valence-electron chi connectivity index (χ2n) is 10.1. The molecule has 1 unspecified atom stereocenters. The molecule has 4 aromatic rings. The minimum Gasteiger partial charge on any atom is -0.457 e. The Bertz CT molecular complexity index is 1640. The number of halogens is 1. The molecule has 208 valence electrons. The molecule has 2 aliphatic rings. The normalized spacial score (nSPS) is 17.4. The third-order valence-electron chi connectivity index (χ3n) is 7.61. The van der Waals surface area contributed by atoms with Crippen molar-refractivity contribution in [3.8, 4) is 17.6 Å². The number of rotatable bonds is 7. The SMILES string of the molecule is C=CC(=O)N1CCC(c2[nH]nc3ncnc(Nc4ccc(Oc5ccnc(N6CCC(C#N)C6)c5)cc4F)c23)CC1. The van der Waals surface area contributed by atoms with Gasteiger partial charge in [0.2, 0.25) is 5.91 Å². The zero-order valence-electron chi connectivity index (χ0n) is 22.3. The third kappa shape index (κ3) is 5.38. The molecule has 0 spiro atoms. The number of pyridine rings is 1. The molecule has 5 heterocycles. The summed E-state index contributed by atoms with van der Waals surface area (Å²) in [6.45, 7) is 6.18. The lowest BCUT2D eigenvalue weighted by molar-refractivity contribution is -0.127. The molecule has 2 saturated heterocycles. The lowest BCUT2D eigenvalue weighted by Crippen LogP contribution is -2.36. The Balaban J connectivity index is 1.18. The van der Waals surface area contributed by atoms with Crippen LogP contribution in [-0.4, -0.2) is 62.1 Å². The summed E-state index contributed by atoms with van der Waals surface area (Å²) < 4.78 is 21.2. The summed E-state index contributed by atoms with van der Waals surface area (Å²) in [7, 11) is 0. The minimum atomic E-state index is -0.513. The highest BCUT2D eigenvalue weighted by Crippen LogP contribution is 2.36. The molecule has 1 amide bonds. The van der Waals surface area contributed by atoms with Gasteiger partial charge in [0.05, 0.1) is 28.8 Å². The molecule has 0 radical (unpaired) electrons. The molecule has 2 aliphatic heterocycles. The summed E-state index contributed by atoms with van der Waals surface area (Å²) in [6, 6.07) is 10.4. The quantitative estimate of drug-likeness (QED) is 0.313. The van der Waals surface area contributed by atoms with Crippen molar-refractivity contribution in [1.29, 1.82) is 5.26 Å². The molecule has 6 rings (SSSR count). The first-order valence-corrected chi connectivity index (χ1v) is 13.5. The molecule has 0 aliphatic carbocycles. The topological polar surface area (TPSA) is 136 Å². The molecule has 2 N–H and O–H groups in total. The average Bonchev–Trinajstić information content (AvgIpc) is 3.67. The maximum atomic E-state index is 15.3. The van der Waals surface area contributed by atoms with E-state index in [0.29, 0.717) is 48.0 Å². The van der Waals surface area contributed by atoms with E-state index >= 15 is 4.39 Å². The average molecular weight is 554 g/mol. The van der Waals surface area contributed by atoms with Crippen molar-refractivity contribution >= 4 is 34.3 Å². The van der Waals surface area contributed by atoms with Crippen molar-refractivity contribution in [1.82, 2.24) is 30.0 Å². The Kier molecular flexibility index (Phi) is 7.16. The number of fused-ring (bicyclic) bond motifs is 1. The van der Waals surface area contributed by atoms with Crippen LogP contribution in [-0.2, 0) is 4.79 Å². The predicted molar refractivity (Wildman–Crippen MR) is 150 cm³/mol. The van der Waals surface area contributed by atoms with Crippen LogP contribution in [0.1, 0.15) is 30.9 Å². The standard InChI is InChI=1S/C29H28FN9O2/c1-2-25(40)38-11-7-19(8-12-38)27-26-28(33-17-34-29(26)37-36-27)35-23-4-3-20(13-22(23)30)41-21-5-9-32-24(14-21)39-10-6-18(15-31)16-39/h2-5,9,13-14,17-19H,1,6-8,10-12,16H2,(H2,33,34,35,36,37). The Morgan fingerprint density at radius 3 is 2.73 bits per heavy atom. The van der Waals surface area contributed by atoms with Crippen LogP contribution in [0.3, 0.4) is 0 Å². The Hall–Kier alpha value is -5.05. The number of H-pyrrole nitrogens is 1. The number of anilines is 3. The van der Waals surface area contributed by atoms with E-state index in [4.69, 9.17) is 4.74 Å². The van der Waals surface area contributed by atoms with Crippen LogP contribution in [0.5, 0.6) is 11.5 Å². The molecule has 0 saturated carbocycles. The number of hydrogen-bond acceptors (Lipinski definition) is 9. The predicted octanol–water partition coefficient (Wildman–Crippen LogP) is 4.66. The lowest BCUT2D eigenvalue weighted by Gasteiger charge is -2.31. The van der Waals surface area contributed by atoms with E-state index in [1.54, 1.807) is 35.4 Å². The molecule has 1 atom stereocenters. The molecule has 1 aromatic carbocycles. The number of likely N-dealkylation sites (tertiary alicyclic amines) is 1. The van der Waals surface area contributed by atoms with Crippen LogP contribution >= 0.6 is 0 Å². The number of ether oxygens (including phenoxy) is 1. The van der Waals surface area contributed by atoms with Crippen molar-refractivity contribution in [2.45, 2.75) is 25.2 Å². The second kappa shape index (κ2) is 11.2. The summed E-state index contributed by atoms with van der Waals surface area (Å²) in [5.41, 5.74) is 1.57. The number of carbonyl (C=O) groups is 1. The second-order valence-corrected chi connectivity index (χ2v) is 10.1. The number of aromatic nitrogens is 5. The van der Waals surface area contributed by atoms with Crippen molar-refractivity contribution in [2.75, 3.05) is 36.4 Å². The molecule has 2 fully saturated rings. The van der Waals surface area contributed by atoms with Gasteiger partial charge in [-0.15, -0.1) is 0 Å². The highest BCUT2D eigenvalue weighted by molar-refractivity contribution is 5.91. The van der Waals surface area contributed by atoms with Crippen molar-refractivity contribution in [3.63, 3.8) is 0 Å². The fraction of sp³-hybridized carbons (Fsp3) is 0.310. The van der Waals surface area contributed by atoms with Crippen LogP contribution < -0.4 is 15.0 Å². The highest BCUT2D eigenvalue weighted by atomic mass is 19.1. The van der Waals surface area contributed by atoms with Gasteiger partial charge in [-0.1, -0.05) is 6.58 Å². The Morgan fingerprint density at radius 2 is 1.98 bits per heavy atom. The van der Waals surface area contributed by atoms with E-state index < -0.39 is 5.82 Å². The number of amides is 1. The number of aromatic amines is 1. The van der Waals surface area contributed by atoms with Gasteiger partial charge in [-0.3, -0.25) is 9.89 Å². The Morgan fingerprint density at radius 1 is 1.15 bits per heavy atom. The summed E-state index contributed by atoms with van der Waals surface area (Å²) >= 11 is 0. The summed E-state index contributed by atoms with van der Waals surface area (Å²) in [4.78, 5) is 28.9. The molecule has 12 heteroatoms. The number of nitrogens with zero attached hydrogens (tertiary/aromatic N) is 7. The molecular weight excluding hydrogens is 525 g/mol. The van der Waals surface area contributed by atoms with Crippen LogP contribution in [0.2, 0.25) is 0 Å². The summed E-state index contributed by atoms with van der Waals surface area (Å²) in [6.07, 6.45) is 6.66. The van der Waals surface area contributed by atoms with Gasteiger partial charge in [0.25, 0.3) is 0 Å². The maximum Gasteiger partial charge on any atom is 0.245 e. The number of benzene rings is 1. The molecule has 41 heavy (non-hydrogen) atoms. The monoisotopic (exact) mass is 553 g/mol. The van der Waals surface area contributed by atoms with E-state index in [-0.39, 0.29) is 23.4 Å². The fourth-order valence-electron chi connectivity index (χ4n) is 5.42. The van der Waals surface area contributed by atoms with Crippen LogP contribution in [0.25, 0.3) is 11.0 Å². The molecule has 11 nitrogen and oxygen atoms in total. The van der Waals surface area contributed by atoms with Gasteiger partial charge < -0.3 is 19.9 Å². The van der Waals surface area contributed by atoms with E-state index in [0.717, 1.165) is 37.3 Å². The van der Waals surface area contributed by atoms with Gasteiger partial charge in [0, 0.05) is 50.4 Å². The van der Waals surface area contributed by atoms with E-state index in [1.807, 2.05) is 4.90 Å².